The first kappa shape index (κ1) is 16.0. The van der Waals surface area contributed by atoms with E-state index in [1.165, 1.54) is 18.4 Å². The van der Waals surface area contributed by atoms with Crippen molar-refractivity contribution in [1.29, 1.82) is 0 Å². The summed E-state index contributed by atoms with van der Waals surface area (Å²) in [5, 5.41) is 0. The summed E-state index contributed by atoms with van der Waals surface area (Å²) in [6, 6.07) is 8.41. The monoisotopic (exact) mass is 264 g/mol. The minimum Gasteiger partial charge on any atom is -0.465 e. The second kappa shape index (κ2) is 8.21. The molecule has 2 nitrogen and oxygen atoms in total. The number of benzene rings is 1. The molecule has 0 saturated heterocycles. The van der Waals surface area contributed by atoms with Gasteiger partial charge in [0.2, 0.25) is 0 Å². The van der Waals surface area contributed by atoms with Gasteiger partial charge >= 0.3 is 0 Å². The zero-order chi connectivity index (χ0) is 14.3. The van der Waals surface area contributed by atoms with Crippen molar-refractivity contribution in [2.45, 2.75) is 59.7 Å². The molecule has 1 rings (SSSR count). The normalized spacial score (nSPS) is 15.8. The van der Waals surface area contributed by atoms with Crippen LogP contribution in [-0.2, 0) is 4.74 Å². The van der Waals surface area contributed by atoms with Crippen LogP contribution in [0.4, 0.5) is 0 Å². The average Bonchev–Trinajstić information content (AvgIpc) is 2.39. The SMILES string of the molecule is CCOC(C)Oc1ccc(C(C)CC(C)CC)cc1. The minimum absolute atomic E-state index is 0.187. The van der Waals surface area contributed by atoms with E-state index in [9.17, 15) is 0 Å². The van der Waals surface area contributed by atoms with Gasteiger partial charge in [-0.25, -0.2) is 0 Å². The fourth-order valence-corrected chi connectivity index (χ4v) is 2.24. The Morgan fingerprint density at radius 2 is 1.63 bits per heavy atom. The van der Waals surface area contributed by atoms with Crippen molar-refractivity contribution in [2.24, 2.45) is 5.92 Å². The van der Waals surface area contributed by atoms with Crippen LogP contribution in [-0.4, -0.2) is 12.9 Å². The number of hydrogen-bond donors (Lipinski definition) is 0. The fourth-order valence-electron chi connectivity index (χ4n) is 2.24. The molecule has 3 unspecified atom stereocenters. The molecule has 0 saturated carbocycles. The summed E-state index contributed by atoms with van der Waals surface area (Å²) >= 11 is 0. The van der Waals surface area contributed by atoms with Crippen LogP contribution in [0.15, 0.2) is 24.3 Å². The van der Waals surface area contributed by atoms with Gasteiger partial charge < -0.3 is 9.47 Å². The molecule has 0 aliphatic carbocycles. The Labute approximate surface area is 118 Å². The van der Waals surface area contributed by atoms with Crippen LogP contribution >= 0.6 is 0 Å². The first-order chi connectivity index (χ1) is 9.06. The van der Waals surface area contributed by atoms with Gasteiger partial charge in [0.25, 0.3) is 0 Å². The van der Waals surface area contributed by atoms with Crippen LogP contribution in [0.3, 0.4) is 0 Å². The van der Waals surface area contributed by atoms with Crippen LogP contribution < -0.4 is 4.74 Å². The Kier molecular flexibility index (Phi) is 6.93. The van der Waals surface area contributed by atoms with Crippen molar-refractivity contribution in [1.82, 2.24) is 0 Å². The number of hydrogen-bond acceptors (Lipinski definition) is 2. The molecule has 0 N–H and O–H groups in total. The Balaban J connectivity index is 2.55. The van der Waals surface area contributed by atoms with Gasteiger partial charge in [0, 0.05) is 6.61 Å². The predicted molar refractivity (Wildman–Crippen MR) is 80.6 cm³/mol. The third-order valence-electron chi connectivity index (χ3n) is 3.61. The van der Waals surface area contributed by atoms with E-state index in [1.807, 2.05) is 26.0 Å². The highest BCUT2D eigenvalue weighted by Gasteiger charge is 2.10. The Morgan fingerprint density at radius 3 is 2.16 bits per heavy atom. The predicted octanol–water partition coefficient (Wildman–Crippen LogP) is 4.99. The third kappa shape index (κ3) is 5.65. The van der Waals surface area contributed by atoms with Gasteiger partial charge in [-0.1, -0.05) is 39.3 Å². The molecular formula is C17H28O2. The van der Waals surface area contributed by atoms with E-state index in [4.69, 9.17) is 9.47 Å². The molecule has 1 aromatic rings. The average molecular weight is 264 g/mol. The Bertz CT molecular complexity index is 345. The van der Waals surface area contributed by atoms with Crippen LogP contribution in [0.25, 0.3) is 0 Å². The minimum atomic E-state index is -0.187. The van der Waals surface area contributed by atoms with Gasteiger partial charge in [0.15, 0.2) is 6.29 Å². The first-order valence-corrected chi connectivity index (χ1v) is 7.45. The van der Waals surface area contributed by atoms with Crippen molar-refractivity contribution in [2.75, 3.05) is 6.61 Å². The van der Waals surface area contributed by atoms with Gasteiger partial charge in [0.1, 0.15) is 5.75 Å². The molecule has 0 amide bonds. The maximum atomic E-state index is 5.67. The van der Waals surface area contributed by atoms with E-state index in [1.54, 1.807) is 0 Å². The Hall–Kier alpha value is -1.02. The lowest BCUT2D eigenvalue weighted by Crippen LogP contribution is -2.15. The molecule has 3 atom stereocenters. The van der Waals surface area contributed by atoms with Gasteiger partial charge in [-0.15, -0.1) is 0 Å². The molecule has 0 aliphatic heterocycles. The second-order valence-electron chi connectivity index (χ2n) is 5.36. The van der Waals surface area contributed by atoms with E-state index in [2.05, 4.69) is 32.9 Å². The Morgan fingerprint density at radius 1 is 1.00 bits per heavy atom. The van der Waals surface area contributed by atoms with E-state index in [0.717, 1.165) is 11.7 Å². The molecule has 0 heterocycles. The molecule has 1 aromatic carbocycles. The van der Waals surface area contributed by atoms with Crippen molar-refractivity contribution in [3.8, 4) is 5.75 Å². The maximum Gasteiger partial charge on any atom is 0.196 e. The molecule has 0 bridgehead atoms. The zero-order valence-electron chi connectivity index (χ0n) is 13.0. The van der Waals surface area contributed by atoms with Gasteiger partial charge in [-0.2, -0.15) is 0 Å². The summed E-state index contributed by atoms with van der Waals surface area (Å²) in [6.45, 7) is 11.4. The summed E-state index contributed by atoms with van der Waals surface area (Å²) in [5.74, 6) is 2.26. The lowest BCUT2D eigenvalue weighted by Gasteiger charge is -2.18. The lowest BCUT2D eigenvalue weighted by molar-refractivity contribution is -0.0613. The van der Waals surface area contributed by atoms with Crippen molar-refractivity contribution in [3.63, 3.8) is 0 Å². The molecule has 2 heteroatoms. The number of ether oxygens (including phenoxy) is 2. The molecule has 0 aliphatic rings. The van der Waals surface area contributed by atoms with E-state index in [0.29, 0.717) is 12.5 Å². The van der Waals surface area contributed by atoms with Crippen molar-refractivity contribution >= 4 is 0 Å². The quantitative estimate of drug-likeness (QED) is 0.616. The van der Waals surface area contributed by atoms with E-state index in [-0.39, 0.29) is 6.29 Å². The van der Waals surface area contributed by atoms with Crippen LogP contribution in [0.2, 0.25) is 0 Å². The molecule has 0 radical (unpaired) electrons. The van der Waals surface area contributed by atoms with Gasteiger partial charge in [0.05, 0.1) is 0 Å². The summed E-state index contributed by atoms with van der Waals surface area (Å²) in [7, 11) is 0. The maximum absolute atomic E-state index is 5.67. The van der Waals surface area contributed by atoms with Crippen LogP contribution in [0.5, 0.6) is 5.75 Å². The lowest BCUT2D eigenvalue weighted by atomic mass is 9.90. The molecule has 0 fully saturated rings. The summed E-state index contributed by atoms with van der Waals surface area (Å²) in [5.41, 5.74) is 1.39. The van der Waals surface area contributed by atoms with Gasteiger partial charge in [-0.05, 0) is 49.8 Å². The molecule has 0 spiro atoms. The first-order valence-electron chi connectivity index (χ1n) is 7.45. The highest BCUT2D eigenvalue weighted by atomic mass is 16.7. The van der Waals surface area contributed by atoms with Crippen molar-refractivity contribution < 1.29 is 9.47 Å². The summed E-state index contributed by atoms with van der Waals surface area (Å²) in [6.07, 6.45) is 2.30. The van der Waals surface area contributed by atoms with Crippen molar-refractivity contribution in [3.05, 3.63) is 29.8 Å². The molecule has 108 valence electrons. The third-order valence-corrected chi connectivity index (χ3v) is 3.61. The zero-order valence-corrected chi connectivity index (χ0v) is 13.0. The molecular weight excluding hydrogens is 236 g/mol. The largest absolute Gasteiger partial charge is 0.465 e. The number of rotatable bonds is 8. The standard InChI is InChI=1S/C17H28O2/c1-6-13(3)12-14(4)16-8-10-17(11-9-16)19-15(5)18-7-2/h8-11,13-15H,6-7,12H2,1-5H3. The second-order valence-corrected chi connectivity index (χ2v) is 5.36. The summed E-state index contributed by atoms with van der Waals surface area (Å²) < 4.78 is 11.0. The summed E-state index contributed by atoms with van der Waals surface area (Å²) in [4.78, 5) is 0. The van der Waals surface area contributed by atoms with Gasteiger partial charge in [-0.3, -0.25) is 0 Å². The van der Waals surface area contributed by atoms with Crippen LogP contribution in [0, 0.1) is 5.92 Å². The smallest absolute Gasteiger partial charge is 0.196 e. The van der Waals surface area contributed by atoms with Crippen LogP contribution in [0.1, 0.15) is 58.9 Å². The highest BCUT2D eigenvalue weighted by molar-refractivity contribution is 5.29. The van der Waals surface area contributed by atoms with E-state index < -0.39 is 0 Å². The van der Waals surface area contributed by atoms with E-state index >= 15 is 0 Å². The highest BCUT2D eigenvalue weighted by Crippen LogP contribution is 2.26. The topological polar surface area (TPSA) is 18.5 Å². The fraction of sp³-hybridized carbons (Fsp3) is 0.647. The molecule has 19 heavy (non-hydrogen) atoms. The molecule has 0 aromatic heterocycles.